The average molecular weight is 336 g/mol. The van der Waals surface area contributed by atoms with Gasteiger partial charge < -0.3 is 4.74 Å². The van der Waals surface area contributed by atoms with Crippen LogP contribution >= 0.6 is 0 Å². The lowest BCUT2D eigenvalue weighted by molar-refractivity contribution is 0.0325. The number of carbonyl (C=O) groups excluding carboxylic acids is 2. The molecule has 128 valence electrons. The topological polar surface area (TPSA) is 49.9 Å². The standard InChI is InChI=1S/C20H20N2O3/c23-19-17-7-6-16(15-4-2-1-3-5-15)14-18(17)20(24)22(19)9-8-21-10-12-25-13-11-21/h1-7,14H,8-13H2. The zero-order valence-corrected chi connectivity index (χ0v) is 14.0. The molecule has 0 N–H and O–H groups in total. The monoisotopic (exact) mass is 336 g/mol. The summed E-state index contributed by atoms with van der Waals surface area (Å²) in [6, 6.07) is 15.4. The Hall–Kier alpha value is -2.50. The van der Waals surface area contributed by atoms with Gasteiger partial charge >= 0.3 is 0 Å². The second-order valence-electron chi connectivity index (χ2n) is 6.34. The summed E-state index contributed by atoms with van der Waals surface area (Å²) in [5.74, 6) is -0.376. The van der Waals surface area contributed by atoms with Crippen molar-refractivity contribution in [3.8, 4) is 11.1 Å². The molecule has 0 unspecified atom stereocenters. The highest BCUT2D eigenvalue weighted by Gasteiger charge is 2.35. The lowest BCUT2D eigenvalue weighted by Crippen LogP contribution is -2.42. The minimum atomic E-state index is -0.189. The van der Waals surface area contributed by atoms with Crippen LogP contribution in [-0.2, 0) is 4.74 Å². The van der Waals surface area contributed by atoms with Crippen LogP contribution in [0.3, 0.4) is 0 Å². The third-order valence-electron chi connectivity index (χ3n) is 4.82. The molecular formula is C20H20N2O3. The fraction of sp³-hybridized carbons (Fsp3) is 0.300. The first-order valence-corrected chi connectivity index (χ1v) is 8.60. The van der Waals surface area contributed by atoms with Gasteiger partial charge in [0.1, 0.15) is 0 Å². The van der Waals surface area contributed by atoms with Crippen LogP contribution in [0.4, 0.5) is 0 Å². The van der Waals surface area contributed by atoms with E-state index < -0.39 is 0 Å². The molecule has 2 aromatic rings. The normalized spacial score (nSPS) is 17.8. The Morgan fingerprint density at radius 1 is 0.800 bits per heavy atom. The van der Waals surface area contributed by atoms with Gasteiger partial charge in [0.05, 0.1) is 24.3 Å². The van der Waals surface area contributed by atoms with E-state index in [1.54, 1.807) is 6.07 Å². The summed E-state index contributed by atoms with van der Waals surface area (Å²) in [7, 11) is 0. The second kappa shape index (κ2) is 6.78. The summed E-state index contributed by atoms with van der Waals surface area (Å²) in [6.07, 6.45) is 0. The number of amides is 2. The maximum atomic E-state index is 12.7. The number of hydrogen-bond donors (Lipinski definition) is 0. The summed E-state index contributed by atoms with van der Waals surface area (Å²) < 4.78 is 5.33. The summed E-state index contributed by atoms with van der Waals surface area (Å²) in [5, 5.41) is 0. The molecule has 2 aliphatic heterocycles. The molecule has 0 aliphatic carbocycles. The van der Waals surface area contributed by atoms with Gasteiger partial charge in [-0.05, 0) is 23.3 Å². The van der Waals surface area contributed by atoms with E-state index in [0.717, 1.165) is 24.2 Å². The van der Waals surface area contributed by atoms with E-state index in [9.17, 15) is 9.59 Å². The number of morpholine rings is 1. The Bertz CT molecular complexity index is 798. The molecule has 25 heavy (non-hydrogen) atoms. The van der Waals surface area contributed by atoms with Crippen molar-refractivity contribution in [2.24, 2.45) is 0 Å². The van der Waals surface area contributed by atoms with Crippen LogP contribution in [0.5, 0.6) is 0 Å². The fourth-order valence-electron chi connectivity index (χ4n) is 3.37. The molecule has 0 atom stereocenters. The van der Waals surface area contributed by atoms with Gasteiger partial charge in [-0.2, -0.15) is 0 Å². The molecule has 0 spiro atoms. The second-order valence-corrected chi connectivity index (χ2v) is 6.34. The third kappa shape index (κ3) is 3.08. The molecule has 4 rings (SSSR count). The smallest absolute Gasteiger partial charge is 0.261 e. The zero-order valence-electron chi connectivity index (χ0n) is 14.0. The minimum Gasteiger partial charge on any atom is -0.379 e. The van der Waals surface area contributed by atoms with Crippen LogP contribution in [-0.4, -0.2) is 61.0 Å². The molecular weight excluding hydrogens is 316 g/mol. The molecule has 2 aliphatic rings. The summed E-state index contributed by atoms with van der Waals surface area (Å²) >= 11 is 0. The Morgan fingerprint density at radius 3 is 2.28 bits per heavy atom. The number of nitrogens with zero attached hydrogens (tertiary/aromatic N) is 2. The van der Waals surface area contributed by atoms with E-state index in [4.69, 9.17) is 4.74 Å². The first-order valence-electron chi connectivity index (χ1n) is 8.60. The van der Waals surface area contributed by atoms with Gasteiger partial charge in [0.15, 0.2) is 0 Å². The Balaban J connectivity index is 1.53. The van der Waals surface area contributed by atoms with Crippen LogP contribution in [0.15, 0.2) is 48.5 Å². The quantitative estimate of drug-likeness (QED) is 0.804. The number of hydrogen-bond acceptors (Lipinski definition) is 4. The van der Waals surface area contributed by atoms with Gasteiger partial charge in [-0.15, -0.1) is 0 Å². The van der Waals surface area contributed by atoms with Crippen molar-refractivity contribution in [1.82, 2.24) is 9.80 Å². The molecule has 2 amide bonds. The van der Waals surface area contributed by atoms with E-state index in [-0.39, 0.29) is 11.8 Å². The maximum absolute atomic E-state index is 12.7. The van der Waals surface area contributed by atoms with Gasteiger partial charge in [0.25, 0.3) is 11.8 Å². The Morgan fingerprint density at radius 2 is 1.52 bits per heavy atom. The molecule has 0 aromatic heterocycles. The van der Waals surface area contributed by atoms with Crippen LogP contribution in [0, 0.1) is 0 Å². The summed E-state index contributed by atoms with van der Waals surface area (Å²) in [4.78, 5) is 28.9. The van der Waals surface area contributed by atoms with Crippen LogP contribution in [0.1, 0.15) is 20.7 Å². The highest BCUT2D eigenvalue weighted by molar-refractivity contribution is 6.21. The molecule has 5 heteroatoms. The highest BCUT2D eigenvalue weighted by Crippen LogP contribution is 2.28. The van der Waals surface area contributed by atoms with Gasteiger partial charge in [0, 0.05) is 26.2 Å². The number of carbonyl (C=O) groups is 2. The molecule has 0 bridgehead atoms. The van der Waals surface area contributed by atoms with Crippen molar-refractivity contribution in [1.29, 1.82) is 0 Å². The zero-order chi connectivity index (χ0) is 17.2. The first-order chi connectivity index (χ1) is 12.2. The molecule has 2 aromatic carbocycles. The summed E-state index contributed by atoms with van der Waals surface area (Å²) in [5.41, 5.74) is 3.01. The van der Waals surface area contributed by atoms with Crippen molar-refractivity contribution < 1.29 is 14.3 Å². The molecule has 0 saturated carbocycles. The molecule has 5 nitrogen and oxygen atoms in total. The lowest BCUT2D eigenvalue weighted by Gasteiger charge is -2.27. The van der Waals surface area contributed by atoms with Crippen LogP contribution < -0.4 is 0 Å². The first kappa shape index (κ1) is 16.0. The van der Waals surface area contributed by atoms with Gasteiger partial charge in [0.2, 0.25) is 0 Å². The number of imide groups is 1. The Kier molecular flexibility index (Phi) is 4.34. The molecule has 1 saturated heterocycles. The predicted octanol–water partition coefficient (Wildman–Crippen LogP) is 2.28. The molecule has 0 radical (unpaired) electrons. The molecule has 2 heterocycles. The van der Waals surface area contributed by atoms with Gasteiger partial charge in [-0.3, -0.25) is 19.4 Å². The number of fused-ring (bicyclic) bond motifs is 1. The average Bonchev–Trinajstić information content (AvgIpc) is 2.91. The van der Waals surface area contributed by atoms with E-state index in [1.807, 2.05) is 42.5 Å². The van der Waals surface area contributed by atoms with E-state index in [2.05, 4.69) is 4.90 Å². The Labute approximate surface area is 146 Å². The molecule has 1 fully saturated rings. The largest absolute Gasteiger partial charge is 0.379 e. The van der Waals surface area contributed by atoms with Crippen molar-refractivity contribution in [3.05, 3.63) is 59.7 Å². The number of ether oxygens (including phenoxy) is 1. The van der Waals surface area contributed by atoms with Crippen molar-refractivity contribution in [2.75, 3.05) is 39.4 Å². The summed E-state index contributed by atoms with van der Waals surface area (Å²) in [6.45, 7) is 4.24. The van der Waals surface area contributed by atoms with E-state index in [1.165, 1.54) is 4.90 Å². The number of benzene rings is 2. The van der Waals surface area contributed by atoms with Crippen LogP contribution in [0.25, 0.3) is 11.1 Å². The van der Waals surface area contributed by atoms with Crippen molar-refractivity contribution in [2.45, 2.75) is 0 Å². The highest BCUT2D eigenvalue weighted by atomic mass is 16.5. The number of rotatable bonds is 4. The lowest BCUT2D eigenvalue weighted by atomic mass is 10.0. The van der Waals surface area contributed by atoms with E-state index >= 15 is 0 Å². The fourth-order valence-corrected chi connectivity index (χ4v) is 3.37. The van der Waals surface area contributed by atoms with Gasteiger partial charge in [-0.1, -0.05) is 36.4 Å². The third-order valence-corrected chi connectivity index (χ3v) is 4.82. The van der Waals surface area contributed by atoms with Crippen molar-refractivity contribution >= 4 is 11.8 Å². The van der Waals surface area contributed by atoms with Crippen LogP contribution in [0.2, 0.25) is 0 Å². The van der Waals surface area contributed by atoms with E-state index in [0.29, 0.717) is 37.4 Å². The van der Waals surface area contributed by atoms with Crippen molar-refractivity contribution in [3.63, 3.8) is 0 Å². The minimum absolute atomic E-state index is 0.187. The SMILES string of the molecule is O=C1c2ccc(-c3ccccc3)cc2C(=O)N1CCN1CCOCC1. The maximum Gasteiger partial charge on any atom is 0.261 e. The predicted molar refractivity (Wildman–Crippen MR) is 94.5 cm³/mol. The van der Waals surface area contributed by atoms with Gasteiger partial charge in [-0.25, -0.2) is 0 Å².